The predicted octanol–water partition coefficient (Wildman–Crippen LogP) is 1.06. The maximum atomic E-state index is 11.6. The predicted molar refractivity (Wildman–Crippen MR) is 74.1 cm³/mol. The van der Waals surface area contributed by atoms with Gasteiger partial charge in [-0.25, -0.2) is 4.79 Å². The smallest absolute Gasteiger partial charge is 0.406 e. The Labute approximate surface area is 118 Å². The van der Waals surface area contributed by atoms with Crippen molar-refractivity contribution in [2.45, 2.75) is 19.0 Å². The summed E-state index contributed by atoms with van der Waals surface area (Å²) in [7, 11) is 2.63. The Kier molecular flexibility index (Phi) is 7.13. The van der Waals surface area contributed by atoms with Gasteiger partial charge in [0.15, 0.2) is 0 Å². The van der Waals surface area contributed by atoms with Crippen LogP contribution in [0, 0.1) is 0 Å². The summed E-state index contributed by atoms with van der Waals surface area (Å²) in [6, 6.07) is 9.26. The number of rotatable bonds is 7. The summed E-state index contributed by atoms with van der Waals surface area (Å²) in [6.45, 7) is 0.882. The van der Waals surface area contributed by atoms with Gasteiger partial charge in [0.25, 0.3) is 0 Å². The molecule has 6 nitrogen and oxygen atoms in total. The van der Waals surface area contributed by atoms with Crippen molar-refractivity contribution in [2.24, 2.45) is 0 Å². The van der Waals surface area contributed by atoms with Crippen LogP contribution in [0.25, 0.3) is 0 Å². The van der Waals surface area contributed by atoms with E-state index in [9.17, 15) is 9.59 Å². The lowest BCUT2D eigenvalue weighted by Gasteiger charge is -2.16. The molecule has 1 aromatic rings. The van der Waals surface area contributed by atoms with Crippen molar-refractivity contribution < 1.29 is 19.1 Å². The second-order valence-electron chi connectivity index (χ2n) is 4.15. The average molecular weight is 280 g/mol. The number of amides is 1. The van der Waals surface area contributed by atoms with Crippen molar-refractivity contribution in [2.75, 3.05) is 20.8 Å². The fourth-order valence-electron chi connectivity index (χ4n) is 1.67. The van der Waals surface area contributed by atoms with Crippen LogP contribution in [-0.4, -0.2) is 38.9 Å². The summed E-state index contributed by atoms with van der Waals surface area (Å²) in [5, 5.41) is 5.64. The van der Waals surface area contributed by atoms with E-state index >= 15 is 0 Å². The molecule has 20 heavy (non-hydrogen) atoms. The van der Waals surface area contributed by atoms with Gasteiger partial charge in [0, 0.05) is 13.1 Å². The number of hydrogen-bond acceptors (Lipinski definition) is 5. The molecule has 0 saturated heterocycles. The minimum atomic E-state index is -0.517. The summed E-state index contributed by atoms with van der Waals surface area (Å²) >= 11 is 0. The molecule has 0 aliphatic carbocycles. The van der Waals surface area contributed by atoms with Gasteiger partial charge in [0.05, 0.1) is 14.2 Å². The highest BCUT2D eigenvalue weighted by molar-refractivity contribution is 5.75. The van der Waals surface area contributed by atoms with E-state index in [2.05, 4.69) is 15.4 Å². The standard InChI is InChI=1S/C14H20N2O4/c1-19-13(17)12(8-9-15-14(18)20-2)16-10-11-6-4-3-5-7-11/h3-7,12,16H,8-10H2,1-2H3,(H,15,18). The normalized spacial score (nSPS) is 11.5. The summed E-state index contributed by atoms with van der Waals surface area (Å²) < 4.78 is 9.20. The second-order valence-corrected chi connectivity index (χ2v) is 4.15. The number of carbonyl (C=O) groups is 2. The van der Waals surface area contributed by atoms with Gasteiger partial charge in [0.1, 0.15) is 6.04 Å². The lowest BCUT2D eigenvalue weighted by molar-refractivity contribution is -0.143. The molecule has 1 aromatic carbocycles. The van der Waals surface area contributed by atoms with Crippen LogP contribution in [0.5, 0.6) is 0 Å². The van der Waals surface area contributed by atoms with Gasteiger partial charge in [-0.15, -0.1) is 0 Å². The maximum Gasteiger partial charge on any atom is 0.406 e. The first-order chi connectivity index (χ1) is 9.67. The Bertz CT molecular complexity index is 422. The molecule has 1 atom stereocenters. The number of alkyl carbamates (subject to hydrolysis) is 1. The quantitative estimate of drug-likeness (QED) is 0.730. The molecule has 110 valence electrons. The van der Waals surface area contributed by atoms with Crippen LogP contribution in [0.3, 0.4) is 0 Å². The molecule has 1 rings (SSSR count). The number of nitrogens with one attached hydrogen (secondary N) is 2. The Morgan fingerprint density at radius 1 is 1.15 bits per heavy atom. The molecule has 0 radical (unpaired) electrons. The van der Waals surface area contributed by atoms with Gasteiger partial charge in [-0.2, -0.15) is 0 Å². The number of esters is 1. The summed E-state index contributed by atoms with van der Waals surface area (Å²) in [6.07, 6.45) is -0.0918. The van der Waals surface area contributed by atoms with Crippen LogP contribution in [-0.2, 0) is 20.8 Å². The third-order valence-electron chi connectivity index (χ3n) is 2.77. The van der Waals surface area contributed by atoms with Crippen LogP contribution in [0.15, 0.2) is 30.3 Å². The molecule has 0 heterocycles. The fourth-order valence-corrected chi connectivity index (χ4v) is 1.67. The molecule has 1 unspecified atom stereocenters. The lowest BCUT2D eigenvalue weighted by Crippen LogP contribution is -2.40. The highest BCUT2D eigenvalue weighted by atomic mass is 16.5. The van der Waals surface area contributed by atoms with E-state index in [1.165, 1.54) is 14.2 Å². The molecule has 0 saturated carbocycles. The monoisotopic (exact) mass is 280 g/mol. The third-order valence-corrected chi connectivity index (χ3v) is 2.77. The lowest BCUT2D eigenvalue weighted by atomic mass is 10.1. The Hall–Kier alpha value is -2.08. The Morgan fingerprint density at radius 3 is 2.45 bits per heavy atom. The van der Waals surface area contributed by atoms with Crippen LogP contribution in [0.2, 0.25) is 0 Å². The first kappa shape index (κ1) is 16.0. The molecular formula is C14H20N2O4. The van der Waals surface area contributed by atoms with Gasteiger partial charge in [0.2, 0.25) is 0 Å². The van der Waals surface area contributed by atoms with Crippen molar-refractivity contribution in [1.82, 2.24) is 10.6 Å². The molecule has 0 aromatic heterocycles. The average Bonchev–Trinajstić information content (AvgIpc) is 2.50. The summed E-state index contributed by atoms with van der Waals surface area (Å²) in [5.41, 5.74) is 1.07. The van der Waals surface area contributed by atoms with E-state index in [0.717, 1.165) is 5.56 Å². The molecular weight excluding hydrogens is 260 g/mol. The largest absolute Gasteiger partial charge is 0.468 e. The molecule has 0 aliphatic heterocycles. The van der Waals surface area contributed by atoms with Crippen molar-refractivity contribution in [3.63, 3.8) is 0 Å². The number of methoxy groups -OCH3 is 2. The fraction of sp³-hybridized carbons (Fsp3) is 0.429. The molecule has 1 amide bonds. The SMILES string of the molecule is COC(=O)NCCC(NCc1ccccc1)C(=O)OC. The summed E-state index contributed by atoms with van der Waals surface area (Å²) in [5.74, 6) is -0.354. The first-order valence-corrected chi connectivity index (χ1v) is 6.34. The van der Waals surface area contributed by atoms with Crippen LogP contribution < -0.4 is 10.6 Å². The van der Waals surface area contributed by atoms with Gasteiger partial charge in [-0.3, -0.25) is 4.79 Å². The van der Waals surface area contributed by atoms with Crippen molar-refractivity contribution in [3.05, 3.63) is 35.9 Å². The van der Waals surface area contributed by atoms with Crippen LogP contribution >= 0.6 is 0 Å². The van der Waals surface area contributed by atoms with Crippen molar-refractivity contribution >= 4 is 12.1 Å². The zero-order valence-corrected chi connectivity index (χ0v) is 11.7. The third kappa shape index (κ3) is 5.71. The minimum Gasteiger partial charge on any atom is -0.468 e. The first-order valence-electron chi connectivity index (χ1n) is 6.34. The van der Waals surface area contributed by atoms with E-state index in [1.54, 1.807) is 0 Å². The second kappa shape index (κ2) is 8.92. The number of ether oxygens (including phenoxy) is 2. The molecule has 2 N–H and O–H groups in total. The van der Waals surface area contributed by atoms with Gasteiger partial charge < -0.3 is 20.1 Å². The molecule has 0 fully saturated rings. The topological polar surface area (TPSA) is 76.7 Å². The maximum absolute atomic E-state index is 11.6. The molecule has 6 heteroatoms. The van der Waals surface area contributed by atoms with Crippen molar-refractivity contribution in [1.29, 1.82) is 0 Å². The van der Waals surface area contributed by atoms with E-state index in [1.807, 2.05) is 30.3 Å². The molecule has 0 spiro atoms. The molecule has 0 aliphatic rings. The Balaban J connectivity index is 2.44. The zero-order chi connectivity index (χ0) is 14.8. The van der Waals surface area contributed by atoms with Gasteiger partial charge in [-0.05, 0) is 12.0 Å². The highest BCUT2D eigenvalue weighted by Gasteiger charge is 2.18. The van der Waals surface area contributed by atoms with Crippen molar-refractivity contribution in [3.8, 4) is 0 Å². The number of carbonyl (C=O) groups excluding carboxylic acids is 2. The van der Waals surface area contributed by atoms with Crippen LogP contribution in [0.1, 0.15) is 12.0 Å². The highest BCUT2D eigenvalue weighted by Crippen LogP contribution is 2.01. The zero-order valence-electron chi connectivity index (χ0n) is 11.7. The van der Waals surface area contributed by atoms with E-state index in [-0.39, 0.29) is 5.97 Å². The van der Waals surface area contributed by atoms with E-state index in [0.29, 0.717) is 19.5 Å². The van der Waals surface area contributed by atoms with E-state index in [4.69, 9.17) is 4.74 Å². The Morgan fingerprint density at radius 2 is 1.85 bits per heavy atom. The number of benzene rings is 1. The van der Waals surface area contributed by atoms with Crippen LogP contribution in [0.4, 0.5) is 4.79 Å². The van der Waals surface area contributed by atoms with Gasteiger partial charge >= 0.3 is 12.1 Å². The van der Waals surface area contributed by atoms with Gasteiger partial charge in [-0.1, -0.05) is 30.3 Å². The summed E-state index contributed by atoms with van der Waals surface area (Å²) in [4.78, 5) is 22.6. The minimum absolute atomic E-state index is 0.328. The molecule has 0 bridgehead atoms. The van der Waals surface area contributed by atoms with E-state index < -0.39 is 12.1 Å². The number of hydrogen-bond donors (Lipinski definition) is 2.